The largest absolute Gasteiger partial charge is 0.462 e. The fourth-order valence-corrected chi connectivity index (χ4v) is 8.44. The Morgan fingerprint density at radius 1 is 0.323 bits per heavy atom. The first-order chi connectivity index (χ1) is 30.1. The molecule has 1 unspecified atom stereocenters. The summed E-state index contributed by atoms with van der Waals surface area (Å²) in [6.45, 7) is 13.8. The Morgan fingerprint density at radius 2 is 0.565 bits per heavy atom. The van der Waals surface area contributed by atoms with Crippen LogP contribution in [0.1, 0.15) is 305 Å². The monoisotopic (exact) mass is 877 g/mol. The lowest BCUT2D eigenvalue weighted by atomic mass is 9.99. The molecule has 0 radical (unpaired) electrons. The fourth-order valence-electron chi connectivity index (χ4n) is 8.44. The second kappa shape index (κ2) is 47.4. The molecule has 0 saturated carbocycles. The maximum absolute atomic E-state index is 12.8. The molecule has 62 heavy (non-hydrogen) atoms. The average Bonchev–Trinajstić information content (AvgIpc) is 3.24. The highest BCUT2D eigenvalue weighted by atomic mass is 16.6. The molecule has 0 aliphatic rings. The molecule has 0 spiro atoms. The molecule has 0 N–H and O–H groups in total. The lowest BCUT2D eigenvalue weighted by Crippen LogP contribution is -2.30. The van der Waals surface area contributed by atoms with Crippen molar-refractivity contribution in [2.24, 2.45) is 17.8 Å². The Kier molecular flexibility index (Phi) is 46.2. The second-order valence-corrected chi connectivity index (χ2v) is 20.4. The summed E-state index contributed by atoms with van der Waals surface area (Å²) in [7, 11) is 0. The van der Waals surface area contributed by atoms with E-state index in [1.165, 1.54) is 186 Å². The van der Waals surface area contributed by atoms with Gasteiger partial charge in [-0.3, -0.25) is 14.4 Å². The van der Waals surface area contributed by atoms with Gasteiger partial charge in [-0.1, -0.05) is 266 Å². The van der Waals surface area contributed by atoms with Crippen molar-refractivity contribution in [2.45, 2.75) is 311 Å². The lowest BCUT2D eigenvalue weighted by Gasteiger charge is -2.18. The number of ether oxygens (including phenoxy) is 3. The van der Waals surface area contributed by atoms with E-state index in [0.29, 0.717) is 19.3 Å². The summed E-state index contributed by atoms with van der Waals surface area (Å²) in [5, 5.41) is 0. The van der Waals surface area contributed by atoms with Gasteiger partial charge in [0, 0.05) is 19.3 Å². The molecule has 0 aromatic heterocycles. The van der Waals surface area contributed by atoms with Gasteiger partial charge in [0.1, 0.15) is 13.2 Å². The van der Waals surface area contributed by atoms with Gasteiger partial charge in [-0.25, -0.2) is 0 Å². The van der Waals surface area contributed by atoms with Crippen LogP contribution in [0.2, 0.25) is 0 Å². The summed E-state index contributed by atoms with van der Waals surface area (Å²) in [4.78, 5) is 38.0. The molecule has 0 fully saturated rings. The Balaban J connectivity index is 4.28. The third-order valence-electron chi connectivity index (χ3n) is 13.0. The van der Waals surface area contributed by atoms with Crippen LogP contribution < -0.4 is 0 Å². The number of rotatable bonds is 49. The van der Waals surface area contributed by atoms with E-state index in [1.807, 2.05) is 0 Å². The lowest BCUT2D eigenvalue weighted by molar-refractivity contribution is -0.167. The highest BCUT2D eigenvalue weighted by Crippen LogP contribution is 2.18. The van der Waals surface area contributed by atoms with Gasteiger partial charge < -0.3 is 14.2 Å². The molecule has 368 valence electrons. The number of carbonyl (C=O) groups is 3. The highest BCUT2D eigenvalue weighted by molar-refractivity contribution is 5.71. The maximum Gasteiger partial charge on any atom is 0.306 e. The number of hydrogen-bond acceptors (Lipinski definition) is 6. The van der Waals surface area contributed by atoms with E-state index in [2.05, 4.69) is 41.5 Å². The molecule has 0 aliphatic heterocycles. The Morgan fingerprint density at radius 3 is 0.839 bits per heavy atom. The van der Waals surface area contributed by atoms with E-state index >= 15 is 0 Å². The van der Waals surface area contributed by atoms with Crippen LogP contribution in [0.5, 0.6) is 0 Å². The van der Waals surface area contributed by atoms with Gasteiger partial charge in [-0.05, 0) is 37.0 Å². The van der Waals surface area contributed by atoms with E-state index in [4.69, 9.17) is 14.2 Å². The van der Waals surface area contributed by atoms with E-state index < -0.39 is 6.10 Å². The molecular weight excluding hydrogens is 769 g/mol. The Labute approximate surface area is 387 Å². The van der Waals surface area contributed by atoms with Crippen molar-refractivity contribution < 1.29 is 28.6 Å². The molecule has 6 heteroatoms. The van der Waals surface area contributed by atoms with Gasteiger partial charge in [0.2, 0.25) is 0 Å². The van der Waals surface area contributed by atoms with Gasteiger partial charge >= 0.3 is 17.9 Å². The zero-order chi connectivity index (χ0) is 45.6. The number of unbranched alkanes of at least 4 members (excludes halogenated alkanes) is 31. The first kappa shape index (κ1) is 60.4. The summed E-state index contributed by atoms with van der Waals surface area (Å²) in [6, 6.07) is 0. The number of hydrogen-bond donors (Lipinski definition) is 0. The minimum absolute atomic E-state index is 0.0643. The van der Waals surface area contributed by atoms with Crippen molar-refractivity contribution in [3.05, 3.63) is 0 Å². The van der Waals surface area contributed by atoms with Crippen LogP contribution in [0.4, 0.5) is 0 Å². The number of carbonyl (C=O) groups excluding carboxylic acids is 3. The van der Waals surface area contributed by atoms with Gasteiger partial charge in [0.05, 0.1) is 0 Å². The van der Waals surface area contributed by atoms with Crippen LogP contribution in [0.15, 0.2) is 0 Å². The first-order valence-electron chi connectivity index (χ1n) is 27.6. The van der Waals surface area contributed by atoms with Crippen molar-refractivity contribution in [1.82, 2.24) is 0 Å². The third-order valence-corrected chi connectivity index (χ3v) is 13.0. The van der Waals surface area contributed by atoms with Crippen LogP contribution in [-0.2, 0) is 28.6 Å². The average molecular weight is 877 g/mol. The normalized spacial score (nSPS) is 12.6. The minimum Gasteiger partial charge on any atom is -0.462 e. The second-order valence-electron chi connectivity index (χ2n) is 20.4. The fraction of sp³-hybridized carbons (Fsp3) is 0.946. The quantitative estimate of drug-likeness (QED) is 0.0344. The third kappa shape index (κ3) is 47.9. The van der Waals surface area contributed by atoms with Crippen molar-refractivity contribution in [1.29, 1.82) is 0 Å². The molecule has 2 atom stereocenters. The summed E-state index contributed by atoms with van der Waals surface area (Å²) >= 11 is 0. The SMILES string of the molecule is CCC(C)CCCCCCCCCCCCCCCCC(=O)OC[C@@H](COC(=O)CCCCCCCCCCCCCC(C)C)OC(=O)CCCCCCCCCCCC(C)C. The molecule has 0 heterocycles. The summed E-state index contributed by atoms with van der Waals surface area (Å²) < 4.78 is 16.9. The van der Waals surface area contributed by atoms with Crippen molar-refractivity contribution in [2.75, 3.05) is 13.2 Å². The molecule has 0 aliphatic carbocycles. The summed E-state index contributed by atoms with van der Waals surface area (Å²) in [5.41, 5.74) is 0. The minimum atomic E-state index is -0.763. The molecule has 0 rings (SSSR count). The molecule has 0 amide bonds. The predicted molar refractivity (Wildman–Crippen MR) is 266 cm³/mol. The van der Waals surface area contributed by atoms with E-state index in [0.717, 1.165) is 75.5 Å². The van der Waals surface area contributed by atoms with Crippen LogP contribution in [0, 0.1) is 17.8 Å². The van der Waals surface area contributed by atoms with Gasteiger partial charge in [-0.2, -0.15) is 0 Å². The smallest absolute Gasteiger partial charge is 0.306 e. The van der Waals surface area contributed by atoms with Crippen molar-refractivity contribution in [3.63, 3.8) is 0 Å². The van der Waals surface area contributed by atoms with E-state index in [9.17, 15) is 14.4 Å². The predicted octanol–water partition coefficient (Wildman–Crippen LogP) is 17.9. The van der Waals surface area contributed by atoms with Crippen LogP contribution >= 0.6 is 0 Å². The van der Waals surface area contributed by atoms with Gasteiger partial charge in [0.15, 0.2) is 6.10 Å². The highest BCUT2D eigenvalue weighted by Gasteiger charge is 2.19. The summed E-state index contributed by atoms with van der Waals surface area (Å²) in [5.74, 6) is 1.68. The molecule has 0 saturated heterocycles. The summed E-state index contributed by atoms with van der Waals surface area (Å²) in [6.07, 6.45) is 48.0. The van der Waals surface area contributed by atoms with Crippen LogP contribution in [-0.4, -0.2) is 37.2 Å². The van der Waals surface area contributed by atoms with Crippen molar-refractivity contribution in [3.8, 4) is 0 Å². The Hall–Kier alpha value is -1.59. The molecular formula is C56H108O6. The van der Waals surface area contributed by atoms with Crippen molar-refractivity contribution >= 4 is 17.9 Å². The standard InChI is InChI=1S/C56H108O6/c1-7-52(6)44-38-32-26-20-14-10-8-9-11-15-21-27-33-39-45-54(57)60-48-53(62-56(59)47-41-35-29-23-17-19-25-31-37-43-51(4)5)49-61-55(58)46-40-34-28-22-16-12-13-18-24-30-36-42-50(2)3/h50-53H,7-49H2,1-6H3/t52?,53-/m0/s1. The zero-order valence-electron chi connectivity index (χ0n) is 42.7. The van der Waals surface area contributed by atoms with Crippen LogP contribution in [0.25, 0.3) is 0 Å². The van der Waals surface area contributed by atoms with E-state index in [1.54, 1.807) is 0 Å². The zero-order valence-corrected chi connectivity index (χ0v) is 42.7. The maximum atomic E-state index is 12.8. The first-order valence-corrected chi connectivity index (χ1v) is 27.6. The van der Waals surface area contributed by atoms with Gasteiger partial charge in [0.25, 0.3) is 0 Å². The topological polar surface area (TPSA) is 78.9 Å². The van der Waals surface area contributed by atoms with Gasteiger partial charge in [-0.15, -0.1) is 0 Å². The number of esters is 3. The molecule has 0 bridgehead atoms. The molecule has 0 aromatic rings. The van der Waals surface area contributed by atoms with Crippen LogP contribution in [0.3, 0.4) is 0 Å². The Bertz CT molecular complexity index is 962. The molecule has 6 nitrogen and oxygen atoms in total. The van der Waals surface area contributed by atoms with E-state index in [-0.39, 0.29) is 31.1 Å². The molecule has 0 aromatic carbocycles.